The zero-order valence-corrected chi connectivity index (χ0v) is 17.6. The van der Waals surface area contributed by atoms with Gasteiger partial charge in [0.2, 0.25) is 5.91 Å². The number of hydrogen-bond donors (Lipinski definition) is 2. The predicted molar refractivity (Wildman–Crippen MR) is 105 cm³/mol. The third-order valence-electron chi connectivity index (χ3n) is 9.16. The first-order chi connectivity index (χ1) is 13.0. The van der Waals surface area contributed by atoms with Crippen molar-refractivity contribution < 1.29 is 19.1 Å². The lowest BCUT2D eigenvalue weighted by Gasteiger charge is -2.58. The van der Waals surface area contributed by atoms with Crippen molar-refractivity contribution in [1.29, 1.82) is 0 Å². The second kappa shape index (κ2) is 6.38. The third-order valence-corrected chi connectivity index (χ3v) is 9.16. The van der Waals surface area contributed by atoms with Crippen LogP contribution in [0.3, 0.4) is 0 Å². The highest BCUT2D eigenvalue weighted by Gasteiger charge is 2.70. The van der Waals surface area contributed by atoms with E-state index in [0.29, 0.717) is 24.7 Å². The Hall–Kier alpha value is -1.23. The van der Waals surface area contributed by atoms with Gasteiger partial charge in [0, 0.05) is 12.3 Å². The van der Waals surface area contributed by atoms with E-state index in [4.69, 9.17) is 0 Å². The number of fused-ring (bicyclic) bond motifs is 5. The summed E-state index contributed by atoms with van der Waals surface area (Å²) >= 11 is 0. The SMILES string of the molecule is CC(=O)N[C@@H]1CC2C3CC=C4C[C@@H](O)CC[C@]4(C)C3CC[C@]2(C)[C@@]1(F)C(C)=O. The first-order valence-electron chi connectivity index (χ1n) is 10.9. The molecule has 5 heteroatoms. The molecule has 28 heavy (non-hydrogen) atoms. The molecule has 0 aromatic heterocycles. The molecule has 0 heterocycles. The van der Waals surface area contributed by atoms with Gasteiger partial charge in [0.05, 0.1) is 12.1 Å². The molecule has 0 aromatic carbocycles. The first-order valence-corrected chi connectivity index (χ1v) is 10.9. The zero-order chi connectivity index (χ0) is 20.5. The average Bonchev–Trinajstić information content (AvgIpc) is 2.84. The molecule has 156 valence electrons. The Morgan fingerprint density at radius 1 is 1.18 bits per heavy atom. The molecule has 4 aliphatic carbocycles. The van der Waals surface area contributed by atoms with Gasteiger partial charge in [-0.05, 0) is 75.0 Å². The molecule has 0 spiro atoms. The van der Waals surface area contributed by atoms with Crippen molar-refractivity contribution in [3.8, 4) is 0 Å². The number of carbonyl (C=O) groups excluding carboxylic acids is 2. The summed E-state index contributed by atoms with van der Waals surface area (Å²) < 4.78 is 16.4. The fourth-order valence-electron chi connectivity index (χ4n) is 7.71. The second-order valence-corrected chi connectivity index (χ2v) is 10.4. The van der Waals surface area contributed by atoms with E-state index in [1.807, 2.05) is 6.92 Å². The Labute approximate surface area is 167 Å². The average molecular weight is 392 g/mol. The van der Waals surface area contributed by atoms with Gasteiger partial charge in [0.25, 0.3) is 0 Å². The highest BCUT2D eigenvalue weighted by atomic mass is 19.1. The number of amides is 1. The van der Waals surface area contributed by atoms with E-state index in [1.54, 1.807) is 0 Å². The van der Waals surface area contributed by atoms with Crippen LogP contribution in [-0.4, -0.2) is 34.6 Å². The molecule has 8 atom stereocenters. The van der Waals surface area contributed by atoms with Crippen LogP contribution in [0, 0.1) is 28.6 Å². The number of alkyl halides is 1. The molecule has 0 bridgehead atoms. The van der Waals surface area contributed by atoms with Crippen molar-refractivity contribution in [2.45, 2.75) is 90.5 Å². The largest absolute Gasteiger partial charge is 0.393 e. The van der Waals surface area contributed by atoms with Crippen molar-refractivity contribution in [1.82, 2.24) is 5.32 Å². The van der Waals surface area contributed by atoms with Crippen LogP contribution in [0.4, 0.5) is 4.39 Å². The van der Waals surface area contributed by atoms with Crippen LogP contribution in [0.2, 0.25) is 0 Å². The van der Waals surface area contributed by atoms with E-state index < -0.39 is 22.9 Å². The molecule has 3 unspecified atom stereocenters. The van der Waals surface area contributed by atoms with Gasteiger partial charge in [0.15, 0.2) is 11.5 Å². The van der Waals surface area contributed by atoms with Gasteiger partial charge in [-0.2, -0.15) is 0 Å². The van der Waals surface area contributed by atoms with E-state index in [2.05, 4.69) is 18.3 Å². The van der Waals surface area contributed by atoms with Crippen molar-refractivity contribution in [3.63, 3.8) is 0 Å². The van der Waals surface area contributed by atoms with Gasteiger partial charge in [0.1, 0.15) is 0 Å². The Kier molecular flexibility index (Phi) is 4.57. The standard InChI is InChI=1S/C23H34FNO3/c1-13(26)23(24)20(25-14(2)27)12-19-17-6-5-15-11-16(28)7-9-21(15,3)18(17)8-10-22(19,23)4/h5,16-20,28H,6-12H2,1-4H3,(H,25,27)/t16-,17?,18?,19?,20+,21-,22-,23+/m0/s1. The molecule has 2 N–H and O–H groups in total. The topological polar surface area (TPSA) is 66.4 Å². The van der Waals surface area contributed by atoms with Crippen molar-refractivity contribution in [2.75, 3.05) is 0 Å². The van der Waals surface area contributed by atoms with Crippen molar-refractivity contribution in [3.05, 3.63) is 11.6 Å². The predicted octanol–water partition coefficient (Wildman–Crippen LogP) is 3.72. The summed E-state index contributed by atoms with van der Waals surface area (Å²) in [5, 5.41) is 12.9. The fourth-order valence-corrected chi connectivity index (χ4v) is 7.71. The summed E-state index contributed by atoms with van der Waals surface area (Å²) in [4.78, 5) is 24.3. The molecule has 4 rings (SSSR count). The number of halogens is 1. The third kappa shape index (κ3) is 2.50. The minimum Gasteiger partial charge on any atom is -0.393 e. The molecule has 4 aliphatic rings. The minimum atomic E-state index is -2.00. The maximum atomic E-state index is 16.4. The van der Waals surface area contributed by atoms with Crippen LogP contribution in [0.5, 0.6) is 0 Å². The Morgan fingerprint density at radius 2 is 1.89 bits per heavy atom. The highest BCUT2D eigenvalue weighted by Crippen LogP contribution is 2.68. The monoisotopic (exact) mass is 391 g/mol. The number of aliphatic hydroxyl groups excluding tert-OH is 1. The van der Waals surface area contributed by atoms with Crippen LogP contribution in [0.15, 0.2) is 11.6 Å². The molecule has 0 aromatic rings. The van der Waals surface area contributed by atoms with E-state index >= 15 is 4.39 Å². The number of nitrogens with one attached hydrogen (secondary N) is 1. The first kappa shape index (κ1) is 20.1. The van der Waals surface area contributed by atoms with Gasteiger partial charge in [-0.1, -0.05) is 25.5 Å². The number of ketones is 1. The lowest BCUT2D eigenvalue weighted by molar-refractivity contribution is -0.146. The molecule has 0 aliphatic heterocycles. The molecular formula is C23H34FNO3. The van der Waals surface area contributed by atoms with Gasteiger partial charge in [-0.3, -0.25) is 9.59 Å². The lowest BCUT2D eigenvalue weighted by atomic mass is 9.47. The molecule has 0 radical (unpaired) electrons. The van der Waals surface area contributed by atoms with Crippen LogP contribution < -0.4 is 5.32 Å². The number of hydrogen-bond acceptors (Lipinski definition) is 3. The normalized spacial score (nSPS) is 50.1. The highest BCUT2D eigenvalue weighted by molar-refractivity contribution is 5.88. The number of Topliss-reactive ketones (excluding diaryl/α,β-unsaturated/α-hetero) is 1. The molecule has 1 amide bonds. The maximum absolute atomic E-state index is 16.4. The van der Waals surface area contributed by atoms with Crippen molar-refractivity contribution >= 4 is 11.7 Å². The molecular weight excluding hydrogens is 357 g/mol. The fraction of sp³-hybridized carbons (Fsp3) is 0.826. The number of rotatable bonds is 2. The smallest absolute Gasteiger partial charge is 0.217 e. The minimum absolute atomic E-state index is 0.0742. The van der Waals surface area contributed by atoms with E-state index in [0.717, 1.165) is 32.1 Å². The van der Waals surface area contributed by atoms with Gasteiger partial charge >= 0.3 is 0 Å². The van der Waals surface area contributed by atoms with Crippen LogP contribution >= 0.6 is 0 Å². The Morgan fingerprint density at radius 3 is 2.54 bits per heavy atom. The summed E-state index contributed by atoms with van der Waals surface area (Å²) in [6.07, 6.45) is 7.64. The van der Waals surface area contributed by atoms with Crippen LogP contribution in [-0.2, 0) is 9.59 Å². The van der Waals surface area contributed by atoms with E-state index in [9.17, 15) is 14.7 Å². The van der Waals surface area contributed by atoms with E-state index in [1.165, 1.54) is 19.4 Å². The summed E-state index contributed by atoms with van der Waals surface area (Å²) in [6, 6.07) is -0.734. The molecule has 3 fully saturated rings. The summed E-state index contributed by atoms with van der Waals surface area (Å²) in [6.45, 7) is 7.02. The van der Waals surface area contributed by atoms with Gasteiger partial charge in [-0.15, -0.1) is 0 Å². The molecule has 0 saturated heterocycles. The second-order valence-electron chi connectivity index (χ2n) is 10.4. The molecule has 4 nitrogen and oxygen atoms in total. The quantitative estimate of drug-likeness (QED) is 0.705. The van der Waals surface area contributed by atoms with Gasteiger partial charge in [-0.25, -0.2) is 4.39 Å². The Balaban J connectivity index is 1.72. The van der Waals surface area contributed by atoms with Gasteiger partial charge < -0.3 is 10.4 Å². The zero-order valence-electron chi connectivity index (χ0n) is 17.6. The maximum Gasteiger partial charge on any atom is 0.217 e. The number of aliphatic hydroxyl groups is 1. The van der Waals surface area contributed by atoms with Crippen molar-refractivity contribution in [2.24, 2.45) is 28.6 Å². The summed E-state index contributed by atoms with van der Waals surface area (Å²) in [7, 11) is 0. The van der Waals surface area contributed by atoms with Crippen LogP contribution in [0.1, 0.15) is 72.6 Å². The summed E-state index contributed by atoms with van der Waals surface area (Å²) in [5.74, 6) is 0.152. The number of allylic oxidation sites excluding steroid dienone is 1. The van der Waals surface area contributed by atoms with E-state index in [-0.39, 0.29) is 23.3 Å². The number of carbonyl (C=O) groups is 2. The summed E-state index contributed by atoms with van der Waals surface area (Å²) in [5.41, 5.74) is -1.28. The van der Waals surface area contributed by atoms with Crippen LogP contribution in [0.25, 0.3) is 0 Å². The lowest BCUT2D eigenvalue weighted by Crippen LogP contribution is -2.59. The Bertz CT molecular complexity index is 735. The molecule has 3 saturated carbocycles.